The molecule has 1 heterocycles. The fraction of sp³-hybridized carbons (Fsp3) is 0.714. The topological polar surface area (TPSA) is 67.3 Å². The van der Waals surface area contributed by atoms with Crippen LogP contribution in [0, 0.1) is 5.92 Å². The van der Waals surface area contributed by atoms with Gasteiger partial charge < -0.3 is 15.2 Å². The van der Waals surface area contributed by atoms with Crippen molar-refractivity contribution in [3.05, 3.63) is 12.4 Å². The molecule has 2 N–H and O–H groups in total. The molecule has 2 unspecified atom stereocenters. The summed E-state index contributed by atoms with van der Waals surface area (Å²) in [7, 11) is 0. The van der Waals surface area contributed by atoms with Crippen LogP contribution in [0.15, 0.2) is 12.4 Å². The zero-order valence-corrected chi connectivity index (χ0v) is 11.7. The second-order valence-electron chi connectivity index (χ2n) is 5.40. The van der Waals surface area contributed by atoms with Crippen LogP contribution in [0.5, 0.6) is 5.88 Å². The van der Waals surface area contributed by atoms with Crippen LogP contribution >= 0.6 is 0 Å². The zero-order chi connectivity index (χ0) is 13.7. The summed E-state index contributed by atoms with van der Waals surface area (Å²) >= 11 is 0. The van der Waals surface area contributed by atoms with E-state index < -0.39 is 0 Å². The van der Waals surface area contributed by atoms with E-state index in [-0.39, 0.29) is 12.2 Å². The molecule has 0 saturated heterocycles. The Morgan fingerprint density at radius 1 is 1.37 bits per heavy atom. The maximum absolute atomic E-state index is 9.92. The van der Waals surface area contributed by atoms with Crippen molar-refractivity contribution in [1.82, 2.24) is 9.97 Å². The predicted octanol–water partition coefficient (Wildman–Crippen LogP) is 2.23. The van der Waals surface area contributed by atoms with Crippen LogP contribution in [0.3, 0.4) is 0 Å². The molecule has 2 atom stereocenters. The van der Waals surface area contributed by atoms with E-state index in [4.69, 9.17) is 4.74 Å². The molecule has 1 saturated carbocycles. The molecule has 0 aliphatic heterocycles. The number of aromatic nitrogens is 2. The lowest BCUT2D eigenvalue weighted by atomic mass is 9.86. The Kier molecular flexibility index (Phi) is 4.96. The van der Waals surface area contributed by atoms with Gasteiger partial charge in [0.05, 0.1) is 12.2 Å². The number of hydrogen-bond acceptors (Lipinski definition) is 5. The van der Waals surface area contributed by atoms with Gasteiger partial charge in [0.25, 0.3) is 0 Å². The first kappa shape index (κ1) is 14.1. The molecule has 1 aliphatic carbocycles. The van der Waals surface area contributed by atoms with Gasteiger partial charge in [-0.15, -0.1) is 0 Å². The van der Waals surface area contributed by atoms with Gasteiger partial charge >= 0.3 is 0 Å². The van der Waals surface area contributed by atoms with Gasteiger partial charge in [0, 0.05) is 18.5 Å². The minimum absolute atomic E-state index is 0.0999. The Bertz CT molecular complexity index is 398. The van der Waals surface area contributed by atoms with Crippen molar-refractivity contribution in [2.24, 2.45) is 5.92 Å². The van der Waals surface area contributed by atoms with Crippen LogP contribution in [-0.4, -0.2) is 33.8 Å². The van der Waals surface area contributed by atoms with Crippen LogP contribution in [0.4, 0.5) is 5.82 Å². The molecule has 0 aromatic carbocycles. The summed E-state index contributed by atoms with van der Waals surface area (Å²) in [6, 6.07) is 1.80. The first-order valence-electron chi connectivity index (χ1n) is 7.06. The largest absolute Gasteiger partial charge is 0.475 e. The molecule has 1 fully saturated rings. The molecule has 1 aromatic rings. The lowest BCUT2D eigenvalue weighted by molar-refractivity contribution is 0.0763. The number of nitrogens with one attached hydrogen (secondary N) is 1. The SMILES string of the molecule is CC(C)Oc1cc(NCC2CCCCC2O)ncn1. The first-order chi connectivity index (χ1) is 9.15. The van der Waals surface area contributed by atoms with Gasteiger partial charge in [0.1, 0.15) is 12.1 Å². The van der Waals surface area contributed by atoms with Crippen molar-refractivity contribution in [3.63, 3.8) is 0 Å². The normalized spacial score (nSPS) is 23.4. The second kappa shape index (κ2) is 6.70. The maximum atomic E-state index is 9.92. The third kappa shape index (κ3) is 4.35. The highest BCUT2D eigenvalue weighted by Crippen LogP contribution is 2.24. The molecule has 5 heteroatoms. The fourth-order valence-electron chi connectivity index (χ4n) is 2.40. The van der Waals surface area contributed by atoms with Crippen molar-refractivity contribution in [3.8, 4) is 5.88 Å². The molecule has 19 heavy (non-hydrogen) atoms. The summed E-state index contributed by atoms with van der Waals surface area (Å²) in [5.74, 6) is 1.65. The lowest BCUT2D eigenvalue weighted by Crippen LogP contribution is -2.30. The quantitative estimate of drug-likeness (QED) is 0.854. The van der Waals surface area contributed by atoms with E-state index in [1.54, 1.807) is 6.07 Å². The molecule has 5 nitrogen and oxygen atoms in total. The minimum atomic E-state index is -0.186. The van der Waals surface area contributed by atoms with Crippen molar-refractivity contribution < 1.29 is 9.84 Å². The van der Waals surface area contributed by atoms with Crippen molar-refractivity contribution in [2.75, 3.05) is 11.9 Å². The highest BCUT2D eigenvalue weighted by molar-refractivity contribution is 5.37. The van der Waals surface area contributed by atoms with E-state index in [2.05, 4.69) is 15.3 Å². The summed E-state index contributed by atoms with van der Waals surface area (Å²) in [5.41, 5.74) is 0. The Labute approximate surface area is 114 Å². The first-order valence-corrected chi connectivity index (χ1v) is 7.06. The van der Waals surface area contributed by atoms with Gasteiger partial charge in [-0.1, -0.05) is 12.8 Å². The predicted molar refractivity (Wildman–Crippen MR) is 74.3 cm³/mol. The number of rotatable bonds is 5. The van der Waals surface area contributed by atoms with E-state index in [1.165, 1.54) is 12.7 Å². The Hall–Kier alpha value is -1.36. The summed E-state index contributed by atoms with van der Waals surface area (Å²) in [4.78, 5) is 8.24. The van der Waals surface area contributed by atoms with E-state index in [1.807, 2.05) is 13.8 Å². The van der Waals surface area contributed by atoms with Gasteiger partial charge in [0.2, 0.25) is 5.88 Å². The average molecular weight is 265 g/mol. The number of anilines is 1. The standard InChI is InChI=1S/C14H23N3O2/c1-10(2)19-14-7-13(16-9-17-14)15-8-11-5-3-4-6-12(11)18/h7,9-12,18H,3-6,8H2,1-2H3,(H,15,16,17). The maximum Gasteiger partial charge on any atom is 0.218 e. The van der Waals surface area contributed by atoms with Gasteiger partial charge in [-0.05, 0) is 26.7 Å². The van der Waals surface area contributed by atoms with Crippen molar-refractivity contribution >= 4 is 5.82 Å². The van der Waals surface area contributed by atoms with Crippen LogP contribution in [0.2, 0.25) is 0 Å². The molecule has 1 aliphatic rings. The number of hydrogen-bond donors (Lipinski definition) is 2. The smallest absolute Gasteiger partial charge is 0.218 e. The van der Waals surface area contributed by atoms with Crippen molar-refractivity contribution in [2.45, 2.75) is 51.7 Å². The summed E-state index contributed by atoms with van der Waals surface area (Å²) < 4.78 is 5.53. The van der Waals surface area contributed by atoms with E-state index in [0.29, 0.717) is 11.8 Å². The van der Waals surface area contributed by atoms with Crippen LogP contribution < -0.4 is 10.1 Å². The molecule has 106 valence electrons. The summed E-state index contributed by atoms with van der Waals surface area (Å²) in [5, 5.41) is 13.2. The van der Waals surface area contributed by atoms with Gasteiger partial charge in [-0.3, -0.25) is 0 Å². The van der Waals surface area contributed by atoms with Crippen LogP contribution in [0.25, 0.3) is 0 Å². The van der Waals surface area contributed by atoms with Crippen LogP contribution in [0.1, 0.15) is 39.5 Å². The van der Waals surface area contributed by atoms with Gasteiger partial charge in [-0.2, -0.15) is 0 Å². The number of aliphatic hydroxyl groups excluding tert-OH is 1. The molecule has 0 bridgehead atoms. The van der Waals surface area contributed by atoms with Crippen molar-refractivity contribution in [1.29, 1.82) is 0 Å². The molecular formula is C14H23N3O2. The Balaban J connectivity index is 1.88. The van der Waals surface area contributed by atoms with E-state index in [0.717, 1.165) is 31.6 Å². The molecule has 0 spiro atoms. The van der Waals surface area contributed by atoms with Gasteiger partial charge in [-0.25, -0.2) is 9.97 Å². The Morgan fingerprint density at radius 2 is 2.16 bits per heavy atom. The van der Waals surface area contributed by atoms with Crippen LogP contribution in [-0.2, 0) is 0 Å². The average Bonchev–Trinajstić information content (AvgIpc) is 2.37. The third-order valence-electron chi connectivity index (χ3n) is 3.41. The number of aliphatic hydroxyl groups is 1. The van der Waals surface area contributed by atoms with Gasteiger partial charge in [0.15, 0.2) is 0 Å². The Morgan fingerprint density at radius 3 is 2.89 bits per heavy atom. The summed E-state index contributed by atoms with van der Waals surface area (Å²) in [6.07, 6.45) is 5.74. The zero-order valence-electron chi connectivity index (χ0n) is 11.7. The third-order valence-corrected chi connectivity index (χ3v) is 3.41. The highest BCUT2D eigenvalue weighted by Gasteiger charge is 2.22. The molecule has 2 rings (SSSR count). The summed E-state index contributed by atoms with van der Waals surface area (Å²) in [6.45, 7) is 4.68. The molecule has 0 amide bonds. The minimum Gasteiger partial charge on any atom is -0.475 e. The molecule has 0 radical (unpaired) electrons. The van der Waals surface area contributed by atoms with E-state index >= 15 is 0 Å². The molecule has 1 aromatic heterocycles. The number of nitrogens with zero attached hydrogens (tertiary/aromatic N) is 2. The fourth-order valence-corrected chi connectivity index (χ4v) is 2.40. The second-order valence-corrected chi connectivity index (χ2v) is 5.40. The molecular weight excluding hydrogens is 242 g/mol. The highest BCUT2D eigenvalue weighted by atomic mass is 16.5. The number of ether oxygens (including phenoxy) is 1. The monoisotopic (exact) mass is 265 g/mol. The lowest BCUT2D eigenvalue weighted by Gasteiger charge is -2.27. The van der Waals surface area contributed by atoms with E-state index in [9.17, 15) is 5.11 Å².